The van der Waals surface area contributed by atoms with Crippen molar-refractivity contribution in [2.45, 2.75) is 0 Å². The molecule has 0 amide bonds. The Labute approximate surface area is 94.2 Å². The maximum Gasteiger partial charge on any atom is 5.00 e. The molecule has 0 fully saturated rings. The van der Waals surface area contributed by atoms with Crippen LogP contribution in [0, 0.1) is 0 Å². The Morgan fingerprint density at radius 3 is 0.500 bits per heavy atom. The third-order valence-electron chi connectivity index (χ3n) is 0. The van der Waals surface area contributed by atoms with E-state index in [2.05, 4.69) is 0 Å². The van der Waals surface area contributed by atoms with Gasteiger partial charge in [0.1, 0.15) is 0 Å². The van der Waals surface area contributed by atoms with Gasteiger partial charge in [-0.15, -0.1) is 0 Å². The van der Waals surface area contributed by atoms with Crippen LogP contribution in [0.15, 0.2) is 0 Å². The minimum Gasteiger partial charge on any atom is -2.00 e. The van der Waals surface area contributed by atoms with Gasteiger partial charge in [-0.25, -0.2) is 0 Å². The molecule has 5 nitrogen and oxygen atoms in total. The summed E-state index contributed by atoms with van der Waals surface area (Å²) in [5.74, 6) is 0. The second-order valence-corrected chi connectivity index (χ2v) is 0. The predicted molar refractivity (Wildman–Crippen MR) is 9.19 cm³/mol. The fourth-order valence-electron chi connectivity index (χ4n) is 0. The summed E-state index contributed by atoms with van der Waals surface area (Å²) in [5, 5.41) is 0. The Bertz CT molecular complexity index is 12.4. The van der Waals surface area contributed by atoms with Gasteiger partial charge in [-0.1, -0.05) is 0 Å². The molecule has 40 valence electrons. The van der Waals surface area contributed by atoms with Crippen LogP contribution in [0.2, 0.25) is 0 Å². The fourth-order valence-corrected chi connectivity index (χ4v) is 0. The van der Waals surface area contributed by atoms with Gasteiger partial charge in [0, 0.05) is 0 Å². The van der Waals surface area contributed by atoms with Crippen molar-refractivity contribution in [2.24, 2.45) is 0 Å². The zero-order valence-corrected chi connectivity index (χ0v) is 13.2. The van der Waals surface area contributed by atoms with Crippen LogP contribution in [0.25, 0.3) is 0 Å². The molecular weight excluding hydrogens is 441 g/mol. The zero-order chi connectivity index (χ0) is 0. The van der Waals surface area contributed by atoms with E-state index in [1.807, 2.05) is 0 Å². The van der Waals surface area contributed by atoms with Crippen molar-refractivity contribution < 1.29 is 69.2 Å². The van der Waals surface area contributed by atoms with E-state index in [1.165, 1.54) is 0 Å². The van der Waals surface area contributed by atoms with Gasteiger partial charge in [-0.3, -0.25) is 0 Å². The smallest absolute Gasteiger partial charge is 2.00 e. The molecule has 0 saturated heterocycles. The molecule has 0 spiro atoms. The standard InChI is InChI=1S/In.5O.Ta.Zn/q+3;5*-2;+5;+2. The molecular formula is InO5TaZn. The number of rotatable bonds is 0. The van der Waals surface area contributed by atoms with Crippen molar-refractivity contribution >= 4 is 25.8 Å². The zero-order valence-electron chi connectivity index (χ0n) is 3.77. The summed E-state index contributed by atoms with van der Waals surface area (Å²) >= 11 is 0. The second kappa shape index (κ2) is 141. The first-order valence-electron chi connectivity index (χ1n) is 0. The van der Waals surface area contributed by atoms with Crippen molar-refractivity contribution in [2.75, 3.05) is 0 Å². The summed E-state index contributed by atoms with van der Waals surface area (Å²) in [6.07, 6.45) is 0. The van der Waals surface area contributed by atoms with Crippen molar-refractivity contribution in [3.8, 4) is 0 Å². The van der Waals surface area contributed by atoms with Gasteiger partial charge < -0.3 is 27.4 Å². The van der Waals surface area contributed by atoms with E-state index in [1.54, 1.807) is 0 Å². The van der Waals surface area contributed by atoms with E-state index in [-0.39, 0.29) is 95.1 Å². The summed E-state index contributed by atoms with van der Waals surface area (Å²) in [5.41, 5.74) is 0. The SMILES string of the molecule is [In+3].[O-2].[O-2].[O-2].[O-2].[O-2].[Ta+5].[Zn+2]. The Balaban J connectivity index is 0. The Hall–Kier alpha value is 2.03. The largest absolute Gasteiger partial charge is 5.00 e. The Kier molecular flexibility index (Phi) is 3490. The Morgan fingerprint density at radius 2 is 0.500 bits per heavy atom. The van der Waals surface area contributed by atoms with Crippen LogP contribution in [-0.4, -0.2) is 25.8 Å². The minimum atomic E-state index is 0. The molecule has 8 heteroatoms. The van der Waals surface area contributed by atoms with E-state index in [0.717, 1.165) is 0 Å². The molecule has 0 heterocycles. The summed E-state index contributed by atoms with van der Waals surface area (Å²) < 4.78 is 0. The van der Waals surface area contributed by atoms with Gasteiger partial charge in [0.2, 0.25) is 0 Å². The first kappa shape index (κ1) is 198. The molecule has 8 heavy (non-hydrogen) atoms. The van der Waals surface area contributed by atoms with E-state index in [0.29, 0.717) is 0 Å². The molecule has 0 unspecified atom stereocenters. The van der Waals surface area contributed by atoms with Crippen molar-refractivity contribution in [3.05, 3.63) is 0 Å². The molecule has 0 aromatic rings. The topological polar surface area (TPSA) is 142 Å². The molecule has 0 bridgehead atoms. The average molecular weight is 441 g/mol. The van der Waals surface area contributed by atoms with E-state index in [4.69, 9.17) is 0 Å². The van der Waals surface area contributed by atoms with Gasteiger partial charge in [0.05, 0.1) is 0 Å². The van der Waals surface area contributed by atoms with Gasteiger partial charge in [0.25, 0.3) is 0 Å². The van der Waals surface area contributed by atoms with Crippen LogP contribution in [0.4, 0.5) is 0 Å². The summed E-state index contributed by atoms with van der Waals surface area (Å²) in [4.78, 5) is 0. The molecule has 0 aliphatic rings. The molecule has 0 aliphatic heterocycles. The molecule has 0 aliphatic carbocycles. The van der Waals surface area contributed by atoms with Crippen molar-refractivity contribution in [3.63, 3.8) is 0 Å². The third kappa shape index (κ3) is 96.1. The van der Waals surface area contributed by atoms with Crippen molar-refractivity contribution in [1.29, 1.82) is 0 Å². The number of hydrogen-bond donors (Lipinski definition) is 0. The minimum absolute atomic E-state index is 0. The Morgan fingerprint density at radius 1 is 0.500 bits per heavy atom. The van der Waals surface area contributed by atoms with Gasteiger partial charge in [0.15, 0.2) is 0 Å². The molecule has 0 rings (SSSR count). The van der Waals surface area contributed by atoms with Crippen molar-refractivity contribution in [1.82, 2.24) is 0 Å². The first-order chi connectivity index (χ1) is 0. The van der Waals surface area contributed by atoms with Crippen LogP contribution in [0.3, 0.4) is 0 Å². The predicted octanol–water partition coefficient (Wildman–Crippen LogP) is -0.980. The van der Waals surface area contributed by atoms with Crippen LogP contribution in [-0.2, 0) is 69.2 Å². The first-order valence-corrected chi connectivity index (χ1v) is 0. The average Bonchev–Trinajstić information content (AvgIpc) is 0. The molecule has 0 saturated carbocycles. The van der Waals surface area contributed by atoms with Gasteiger partial charge in [-0.05, 0) is 0 Å². The van der Waals surface area contributed by atoms with Gasteiger partial charge >= 0.3 is 67.7 Å². The van der Waals surface area contributed by atoms with Crippen LogP contribution >= 0.6 is 0 Å². The second-order valence-electron chi connectivity index (χ2n) is 0. The third-order valence-corrected chi connectivity index (χ3v) is 0. The quantitative estimate of drug-likeness (QED) is 0.426. The normalized spacial score (nSPS) is 0. The van der Waals surface area contributed by atoms with Crippen LogP contribution in [0.5, 0.6) is 0 Å². The maximum atomic E-state index is 0. The molecule has 0 radical (unpaired) electrons. The maximum absolute atomic E-state index is 0. The molecule has 0 atom stereocenters. The number of hydrogen-bond acceptors (Lipinski definition) is 0. The monoisotopic (exact) mass is 440 g/mol. The van der Waals surface area contributed by atoms with Crippen LogP contribution < -0.4 is 0 Å². The van der Waals surface area contributed by atoms with E-state index < -0.39 is 0 Å². The van der Waals surface area contributed by atoms with E-state index in [9.17, 15) is 0 Å². The molecule has 0 N–H and O–H groups in total. The fraction of sp³-hybridized carbons (Fsp3) is 0. The summed E-state index contributed by atoms with van der Waals surface area (Å²) in [6.45, 7) is 0. The molecule has 0 aromatic carbocycles. The van der Waals surface area contributed by atoms with Crippen LogP contribution in [0.1, 0.15) is 0 Å². The van der Waals surface area contributed by atoms with Gasteiger partial charge in [-0.2, -0.15) is 0 Å². The van der Waals surface area contributed by atoms with E-state index >= 15 is 0 Å². The molecule has 0 aromatic heterocycles. The summed E-state index contributed by atoms with van der Waals surface area (Å²) in [7, 11) is 0. The summed E-state index contributed by atoms with van der Waals surface area (Å²) in [6, 6.07) is 0.